The van der Waals surface area contributed by atoms with Crippen LogP contribution in [0.25, 0.3) is 0 Å². The summed E-state index contributed by atoms with van der Waals surface area (Å²) in [5, 5.41) is 7.54. The number of aryl methyl sites for hydroxylation is 1. The molecule has 0 aliphatic carbocycles. The van der Waals surface area contributed by atoms with E-state index < -0.39 is 0 Å². The molecule has 1 atom stereocenters. The predicted octanol–water partition coefficient (Wildman–Crippen LogP) is 1.08. The van der Waals surface area contributed by atoms with Gasteiger partial charge in [-0.3, -0.25) is 4.68 Å². The van der Waals surface area contributed by atoms with Crippen LogP contribution in [-0.4, -0.2) is 29.0 Å². The molecule has 84 valence electrons. The van der Waals surface area contributed by atoms with E-state index in [1.54, 1.807) is 0 Å². The molecule has 0 aromatic carbocycles. The van der Waals surface area contributed by atoms with Crippen molar-refractivity contribution in [1.82, 2.24) is 15.1 Å². The van der Waals surface area contributed by atoms with Crippen LogP contribution in [0, 0.1) is 0 Å². The number of ether oxygens (including phenoxy) is 1. The molecule has 4 heteroatoms. The number of hydrogen-bond acceptors (Lipinski definition) is 3. The van der Waals surface area contributed by atoms with Crippen LogP contribution < -0.4 is 5.32 Å². The van der Waals surface area contributed by atoms with E-state index in [1.807, 2.05) is 24.0 Å². The van der Waals surface area contributed by atoms with Crippen LogP contribution in [0.2, 0.25) is 0 Å². The van der Waals surface area contributed by atoms with Crippen molar-refractivity contribution >= 4 is 0 Å². The highest BCUT2D eigenvalue weighted by Crippen LogP contribution is 2.11. The van der Waals surface area contributed by atoms with Gasteiger partial charge in [-0.05, 0) is 25.3 Å². The van der Waals surface area contributed by atoms with Crippen LogP contribution in [0.15, 0.2) is 12.3 Å². The van der Waals surface area contributed by atoms with E-state index in [-0.39, 0.29) is 0 Å². The monoisotopic (exact) mass is 209 g/mol. The van der Waals surface area contributed by atoms with Crippen LogP contribution in [0.5, 0.6) is 0 Å². The number of rotatable bonds is 4. The fourth-order valence-electron chi connectivity index (χ4n) is 1.90. The highest BCUT2D eigenvalue weighted by molar-refractivity contribution is 4.99. The number of aromatic nitrogens is 2. The minimum Gasteiger partial charge on any atom is -0.377 e. The summed E-state index contributed by atoms with van der Waals surface area (Å²) in [6, 6.07) is 2.04. The first-order valence-corrected chi connectivity index (χ1v) is 5.65. The first-order valence-electron chi connectivity index (χ1n) is 5.65. The number of nitrogens with one attached hydrogen (secondary N) is 1. The lowest BCUT2D eigenvalue weighted by molar-refractivity contribution is 0.0167. The Bertz CT molecular complexity index is 292. The van der Waals surface area contributed by atoms with Gasteiger partial charge in [0.25, 0.3) is 0 Å². The molecule has 1 aliphatic heterocycles. The average Bonchev–Trinajstić information content (AvgIpc) is 2.66. The third-order valence-electron chi connectivity index (χ3n) is 2.87. The highest BCUT2D eigenvalue weighted by atomic mass is 16.5. The smallest absolute Gasteiger partial charge is 0.0699 e. The van der Waals surface area contributed by atoms with Crippen LogP contribution in [0.1, 0.15) is 25.0 Å². The van der Waals surface area contributed by atoms with Crippen molar-refractivity contribution in [2.45, 2.75) is 31.9 Å². The molecular formula is C11H19N3O. The summed E-state index contributed by atoms with van der Waals surface area (Å²) < 4.78 is 7.54. The van der Waals surface area contributed by atoms with Crippen LogP contribution in [0.4, 0.5) is 0 Å². The van der Waals surface area contributed by atoms with Crippen molar-refractivity contribution in [2.75, 3.05) is 13.2 Å². The lowest BCUT2D eigenvalue weighted by Crippen LogP contribution is -2.31. The summed E-state index contributed by atoms with van der Waals surface area (Å²) in [6.45, 7) is 2.75. The van der Waals surface area contributed by atoms with Gasteiger partial charge in [0.05, 0.1) is 11.8 Å². The second-order valence-corrected chi connectivity index (χ2v) is 4.07. The minimum atomic E-state index is 0.409. The van der Waals surface area contributed by atoms with E-state index in [0.717, 1.165) is 19.7 Å². The van der Waals surface area contributed by atoms with Gasteiger partial charge in [0, 0.05) is 32.9 Å². The topological polar surface area (TPSA) is 39.1 Å². The van der Waals surface area contributed by atoms with E-state index >= 15 is 0 Å². The zero-order chi connectivity index (χ0) is 10.5. The van der Waals surface area contributed by atoms with Gasteiger partial charge in [0.15, 0.2) is 0 Å². The Morgan fingerprint density at radius 3 is 3.20 bits per heavy atom. The molecule has 1 aromatic heterocycles. The van der Waals surface area contributed by atoms with Gasteiger partial charge < -0.3 is 10.1 Å². The fourth-order valence-corrected chi connectivity index (χ4v) is 1.90. The van der Waals surface area contributed by atoms with Gasteiger partial charge in [-0.25, -0.2) is 0 Å². The molecule has 1 aromatic rings. The van der Waals surface area contributed by atoms with Crippen molar-refractivity contribution in [3.05, 3.63) is 18.0 Å². The van der Waals surface area contributed by atoms with Gasteiger partial charge >= 0.3 is 0 Å². The molecule has 15 heavy (non-hydrogen) atoms. The van der Waals surface area contributed by atoms with E-state index in [1.165, 1.54) is 25.0 Å². The Morgan fingerprint density at radius 1 is 1.60 bits per heavy atom. The zero-order valence-electron chi connectivity index (χ0n) is 9.28. The molecule has 1 saturated heterocycles. The molecular weight excluding hydrogens is 190 g/mol. The second-order valence-electron chi connectivity index (χ2n) is 4.07. The number of hydrogen-bond donors (Lipinski definition) is 1. The van der Waals surface area contributed by atoms with Crippen molar-refractivity contribution < 1.29 is 4.74 Å². The summed E-state index contributed by atoms with van der Waals surface area (Å²) in [7, 11) is 1.97. The predicted molar refractivity (Wildman–Crippen MR) is 58.5 cm³/mol. The molecule has 0 bridgehead atoms. The Labute approximate surface area is 90.6 Å². The van der Waals surface area contributed by atoms with Crippen molar-refractivity contribution in [3.8, 4) is 0 Å². The third kappa shape index (κ3) is 3.04. The fraction of sp³-hybridized carbons (Fsp3) is 0.727. The summed E-state index contributed by atoms with van der Waals surface area (Å²) in [5.74, 6) is 0. The molecule has 0 radical (unpaired) electrons. The third-order valence-corrected chi connectivity index (χ3v) is 2.87. The minimum absolute atomic E-state index is 0.409. The maximum absolute atomic E-state index is 5.64. The quantitative estimate of drug-likeness (QED) is 0.806. The van der Waals surface area contributed by atoms with Crippen molar-refractivity contribution in [1.29, 1.82) is 0 Å². The zero-order valence-corrected chi connectivity index (χ0v) is 9.28. The maximum Gasteiger partial charge on any atom is 0.0699 e. The highest BCUT2D eigenvalue weighted by Gasteiger charge is 2.12. The van der Waals surface area contributed by atoms with Gasteiger partial charge in [0.2, 0.25) is 0 Å². The molecule has 4 nitrogen and oxygen atoms in total. The van der Waals surface area contributed by atoms with Crippen LogP contribution in [0.3, 0.4) is 0 Å². The lowest BCUT2D eigenvalue weighted by atomic mass is 10.1. The molecule has 1 N–H and O–H groups in total. The van der Waals surface area contributed by atoms with E-state index in [4.69, 9.17) is 4.74 Å². The normalized spacial score (nSPS) is 21.8. The van der Waals surface area contributed by atoms with Gasteiger partial charge in [-0.2, -0.15) is 5.10 Å². The lowest BCUT2D eigenvalue weighted by Gasteiger charge is -2.22. The Hall–Kier alpha value is -0.870. The molecule has 2 rings (SSSR count). The first-order chi connectivity index (χ1) is 7.36. The molecule has 1 fully saturated rings. The molecule has 1 unspecified atom stereocenters. The summed E-state index contributed by atoms with van der Waals surface area (Å²) in [5.41, 5.74) is 1.21. The second kappa shape index (κ2) is 5.28. The van der Waals surface area contributed by atoms with E-state index in [0.29, 0.717) is 6.10 Å². The Balaban J connectivity index is 1.68. The summed E-state index contributed by atoms with van der Waals surface area (Å²) in [4.78, 5) is 0. The maximum atomic E-state index is 5.64. The largest absolute Gasteiger partial charge is 0.377 e. The van der Waals surface area contributed by atoms with Crippen molar-refractivity contribution in [2.24, 2.45) is 7.05 Å². The molecule has 1 aliphatic rings. The molecule has 0 saturated carbocycles. The van der Waals surface area contributed by atoms with Gasteiger partial charge in [-0.1, -0.05) is 0 Å². The van der Waals surface area contributed by atoms with E-state index in [9.17, 15) is 0 Å². The number of nitrogens with zero attached hydrogens (tertiary/aromatic N) is 2. The van der Waals surface area contributed by atoms with Crippen molar-refractivity contribution in [3.63, 3.8) is 0 Å². The molecule has 2 heterocycles. The summed E-state index contributed by atoms with van der Waals surface area (Å²) >= 11 is 0. The van der Waals surface area contributed by atoms with E-state index in [2.05, 4.69) is 10.4 Å². The average molecular weight is 209 g/mol. The van der Waals surface area contributed by atoms with Crippen LogP contribution >= 0.6 is 0 Å². The van der Waals surface area contributed by atoms with Crippen LogP contribution in [-0.2, 0) is 18.3 Å². The van der Waals surface area contributed by atoms with Gasteiger partial charge in [0.1, 0.15) is 0 Å². The Morgan fingerprint density at radius 2 is 2.53 bits per heavy atom. The molecule has 0 amide bonds. The van der Waals surface area contributed by atoms with Gasteiger partial charge in [-0.15, -0.1) is 0 Å². The standard InChI is InChI=1S/C11H19N3O/c1-14-10(5-6-13-14)8-12-9-11-4-2-3-7-15-11/h5-6,11-12H,2-4,7-9H2,1H3. The SMILES string of the molecule is Cn1nccc1CNCC1CCCCO1. The first kappa shape index (κ1) is 10.6. The molecule has 0 spiro atoms. The Kier molecular flexibility index (Phi) is 3.75. The summed E-state index contributed by atoms with van der Waals surface area (Å²) in [6.07, 6.45) is 5.95.